The van der Waals surface area contributed by atoms with E-state index in [9.17, 15) is 0 Å². The second-order valence-electron chi connectivity index (χ2n) is 5.32. The molecule has 1 atom stereocenters. The maximum atomic E-state index is 6.23. The molecule has 0 fully saturated rings. The van der Waals surface area contributed by atoms with Crippen molar-refractivity contribution in [2.24, 2.45) is 0 Å². The molecule has 0 aliphatic carbocycles. The van der Waals surface area contributed by atoms with Gasteiger partial charge in [-0.3, -0.25) is 0 Å². The third kappa shape index (κ3) is 2.41. The summed E-state index contributed by atoms with van der Waals surface area (Å²) in [6.45, 7) is 4.76. The molecular formula is C17H21N3O2. The van der Waals surface area contributed by atoms with Crippen molar-refractivity contribution in [2.75, 3.05) is 6.61 Å². The van der Waals surface area contributed by atoms with Gasteiger partial charge in [-0.15, -0.1) is 5.10 Å². The van der Waals surface area contributed by atoms with Crippen molar-refractivity contribution in [2.45, 2.75) is 38.8 Å². The molecule has 0 bridgehead atoms. The van der Waals surface area contributed by atoms with E-state index in [1.807, 2.05) is 41.9 Å². The lowest BCUT2D eigenvalue weighted by Crippen LogP contribution is -2.38. The van der Waals surface area contributed by atoms with E-state index < -0.39 is 5.72 Å². The Morgan fingerprint density at radius 1 is 1.23 bits per heavy atom. The zero-order chi connectivity index (χ0) is 15.4. The van der Waals surface area contributed by atoms with Gasteiger partial charge < -0.3 is 9.15 Å². The van der Waals surface area contributed by atoms with E-state index in [-0.39, 0.29) is 0 Å². The molecule has 0 N–H and O–H groups in total. The lowest BCUT2D eigenvalue weighted by atomic mass is 9.98. The first-order valence-corrected chi connectivity index (χ1v) is 7.79. The monoisotopic (exact) mass is 299 g/mol. The number of ether oxygens (including phenoxy) is 1. The van der Waals surface area contributed by atoms with Crippen LogP contribution >= 0.6 is 0 Å². The highest BCUT2D eigenvalue weighted by Gasteiger charge is 2.38. The normalized spacial score (nSPS) is 14.3. The molecule has 1 aromatic carbocycles. The van der Waals surface area contributed by atoms with Crippen LogP contribution in [-0.4, -0.2) is 21.6 Å². The fourth-order valence-electron chi connectivity index (χ4n) is 2.87. The van der Waals surface area contributed by atoms with Gasteiger partial charge in [-0.05, 0) is 31.5 Å². The maximum Gasteiger partial charge on any atom is 0.192 e. The van der Waals surface area contributed by atoms with Gasteiger partial charge in [0.1, 0.15) is 5.52 Å². The standard InChI is InChI=1S/C17H21N3O2/c1-3-5-11-17(22-4-2,14-10-12-21-13-14)20-16-9-7-6-8-15(16)18-19-20/h6-10,12-13H,3-5,11H2,1-2H3. The summed E-state index contributed by atoms with van der Waals surface area (Å²) in [6, 6.07) is 9.89. The quantitative estimate of drug-likeness (QED) is 0.663. The summed E-state index contributed by atoms with van der Waals surface area (Å²) in [7, 11) is 0. The lowest BCUT2D eigenvalue weighted by molar-refractivity contribution is -0.0828. The second-order valence-corrected chi connectivity index (χ2v) is 5.32. The summed E-state index contributed by atoms with van der Waals surface area (Å²) in [6.07, 6.45) is 6.35. The van der Waals surface area contributed by atoms with Gasteiger partial charge in [-0.1, -0.05) is 30.7 Å². The number of nitrogens with zero attached hydrogens (tertiary/aromatic N) is 3. The van der Waals surface area contributed by atoms with Crippen molar-refractivity contribution < 1.29 is 9.15 Å². The zero-order valence-corrected chi connectivity index (χ0v) is 13.0. The Morgan fingerprint density at radius 2 is 2.09 bits per heavy atom. The smallest absolute Gasteiger partial charge is 0.192 e. The highest BCUT2D eigenvalue weighted by Crippen LogP contribution is 2.35. The third-order valence-corrected chi connectivity index (χ3v) is 3.92. The van der Waals surface area contributed by atoms with Crippen LogP contribution in [0.25, 0.3) is 11.0 Å². The highest BCUT2D eigenvalue weighted by atomic mass is 16.5. The molecule has 0 saturated heterocycles. The van der Waals surface area contributed by atoms with Crippen molar-refractivity contribution in [3.8, 4) is 0 Å². The van der Waals surface area contributed by atoms with Gasteiger partial charge in [-0.25, -0.2) is 4.68 Å². The molecule has 0 spiro atoms. The van der Waals surface area contributed by atoms with E-state index in [2.05, 4.69) is 17.2 Å². The minimum Gasteiger partial charge on any atom is -0.472 e. The van der Waals surface area contributed by atoms with E-state index in [0.29, 0.717) is 6.61 Å². The van der Waals surface area contributed by atoms with E-state index in [1.54, 1.807) is 12.5 Å². The summed E-state index contributed by atoms with van der Waals surface area (Å²) in [5.41, 5.74) is 2.13. The summed E-state index contributed by atoms with van der Waals surface area (Å²) >= 11 is 0. The van der Waals surface area contributed by atoms with E-state index in [4.69, 9.17) is 9.15 Å². The molecule has 5 nitrogen and oxygen atoms in total. The Kier molecular flexibility index (Phi) is 4.24. The molecule has 3 aromatic rings. The molecule has 0 aliphatic rings. The van der Waals surface area contributed by atoms with E-state index in [1.165, 1.54) is 0 Å². The number of unbranched alkanes of at least 4 members (excludes halogenated alkanes) is 1. The predicted molar refractivity (Wildman–Crippen MR) is 84.5 cm³/mol. The van der Waals surface area contributed by atoms with Crippen molar-refractivity contribution in [3.05, 3.63) is 48.4 Å². The molecule has 0 saturated carbocycles. The van der Waals surface area contributed by atoms with Crippen LogP contribution in [0.2, 0.25) is 0 Å². The molecule has 0 radical (unpaired) electrons. The molecular weight excluding hydrogens is 278 g/mol. The van der Waals surface area contributed by atoms with Crippen LogP contribution in [-0.2, 0) is 10.5 Å². The predicted octanol–water partition coefficient (Wildman–Crippen LogP) is 3.95. The number of fused-ring (bicyclic) bond motifs is 1. The van der Waals surface area contributed by atoms with Crippen LogP contribution in [0, 0.1) is 0 Å². The van der Waals surface area contributed by atoms with Crippen LogP contribution in [0.3, 0.4) is 0 Å². The largest absolute Gasteiger partial charge is 0.472 e. The zero-order valence-electron chi connectivity index (χ0n) is 13.0. The van der Waals surface area contributed by atoms with Crippen LogP contribution in [0.15, 0.2) is 47.3 Å². The summed E-state index contributed by atoms with van der Waals surface area (Å²) < 4.78 is 13.4. The Hall–Kier alpha value is -2.14. The number of para-hydroxylation sites is 1. The van der Waals surface area contributed by atoms with Crippen LogP contribution in [0.4, 0.5) is 0 Å². The summed E-state index contributed by atoms with van der Waals surface area (Å²) in [4.78, 5) is 0. The molecule has 2 aromatic heterocycles. The van der Waals surface area contributed by atoms with Crippen LogP contribution in [0.1, 0.15) is 38.7 Å². The van der Waals surface area contributed by atoms with Crippen LogP contribution < -0.4 is 0 Å². The first-order valence-electron chi connectivity index (χ1n) is 7.79. The van der Waals surface area contributed by atoms with E-state index in [0.717, 1.165) is 35.9 Å². The van der Waals surface area contributed by atoms with Crippen molar-refractivity contribution in [1.82, 2.24) is 15.0 Å². The summed E-state index contributed by atoms with van der Waals surface area (Å²) in [5, 5.41) is 8.68. The Labute approximate surface area is 129 Å². The number of rotatable bonds is 7. The Bertz CT molecular complexity index is 720. The Balaban J connectivity index is 2.19. The number of aromatic nitrogens is 3. The third-order valence-electron chi connectivity index (χ3n) is 3.92. The van der Waals surface area contributed by atoms with Crippen molar-refractivity contribution >= 4 is 11.0 Å². The minimum absolute atomic E-state index is 0.586. The second kappa shape index (κ2) is 6.32. The molecule has 3 rings (SSSR count). The fraction of sp³-hybridized carbons (Fsp3) is 0.412. The van der Waals surface area contributed by atoms with Gasteiger partial charge in [0, 0.05) is 18.6 Å². The molecule has 2 heterocycles. The maximum absolute atomic E-state index is 6.23. The highest BCUT2D eigenvalue weighted by molar-refractivity contribution is 5.74. The number of hydrogen-bond acceptors (Lipinski definition) is 4. The fourth-order valence-corrected chi connectivity index (χ4v) is 2.87. The number of hydrogen-bond donors (Lipinski definition) is 0. The van der Waals surface area contributed by atoms with Gasteiger partial charge in [0.2, 0.25) is 0 Å². The van der Waals surface area contributed by atoms with Gasteiger partial charge in [-0.2, -0.15) is 0 Å². The summed E-state index contributed by atoms with van der Waals surface area (Å²) in [5.74, 6) is 0. The molecule has 0 amide bonds. The average Bonchev–Trinajstić information content (AvgIpc) is 3.21. The van der Waals surface area contributed by atoms with Crippen molar-refractivity contribution in [1.29, 1.82) is 0 Å². The molecule has 22 heavy (non-hydrogen) atoms. The Morgan fingerprint density at radius 3 is 2.82 bits per heavy atom. The topological polar surface area (TPSA) is 53.1 Å². The lowest BCUT2D eigenvalue weighted by Gasteiger charge is -2.33. The number of benzene rings is 1. The molecule has 1 unspecified atom stereocenters. The minimum atomic E-state index is -0.673. The molecule has 0 aliphatic heterocycles. The van der Waals surface area contributed by atoms with Gasteiger partial charge >= 0.3 is 0 Å². The molecule has 116 valence electrons. The van der Waals surface area contributed by atoms with Crippen molar-refractivity contribution in [3.63, 3.8) is 0 Å². The number of furan rings is 1. The van der Waals surface area contributed by atoms with Gasteiger partial charge in [0.25, 0.3) is 0 Å². The van der Waals surface area contributed by atoms with E-state index >= 15 is 0 Å². The molecule has 5 heteroatoms. The average molecular weight is 299 g/mol. The first kappa shape index (κ1) is 14.8. The van der Waals surface area contributed by atoms with Crippen LogP contribution in [0.5, 0.6) is 0 Å². The van der Waals surface area contributed by atoms with Gasteiger partial charge in [0.15, 0.2) is 5.72 Å². The SMILES string of the molecule is CCCCC(OCC)(c1ccoc1)n1nnc2ccccc21. The van der Waals surface area contributed by atoms with Gasteiger partial charge in [0.05, 0.1) is 18.0 Å². The first-order chi connectivity index (χ1) is 10.8.